The number of hydrogen-bond acceptors (Lipinski definition) is 3. The van der Waals surface area contributed by atoms with Gasteiger partial charge < -0.3 is 19.9 Å². The monoisotopic (exact) mass is 404 g/mol. The average Bonchev–Trinajstić information content (AvgIpc) is 2.62. The molecule has 1 fully saturated rings. The predicted molar refractivity (Wildman–Crippen MR) is 104 cm³/mol. The molecule has 1 heterocycles. The van der Waals surface area contributed by atoms with E-state index in [-0.39, 0.29) is 5.91 Å². The second-order valence-electron chi connectivity index (χ2n) is 6.17. The first-order valence-electron chi connectivity index (χ1n) is 8.42. The van der Waals surface area contributed by atoms with Crippen molar-refractivity contribution in [2.45, 2.75) is 0 Å². The van der Waals surface area contributed by atoms with Crippen LogP contribution in [0.3, 0.4) is 0 Å². The minimum absolute atomic E-state index is 0.0611. The van der Waals surface area contributed by atoms with Crippen LogP contribution in [-0.2, 0) is 4.79 Å². The number of anilines is 2. The molecule has 0 radical (unpaired) electrons. The van der Waals surface area contributed by atoms with Gasteiger partial charge in [0.25, 0.3) is 5.91 Å². The van der Waals surface area contributed by atoms with Crippen LogP contribution in [0.4, 0.5) is 11.4 Å². The highest BCUT2D eigenvalue weighted by Gasteiger charge is 2.22. The zero-order chi connectivity index (χ0) is 17.6. The molecule has 0 bridgehead atoms. The second-order valence-corrected chi connectivity index (χ2v) is 7.09. The normalized spacial score (nSPS) is 15.0. The van der Waals surface area contributed by atoms with Gasteiger partial charge in [0.05, 0.1) is 33.3 Å². The highest BCUT2D eigenvalue weighted by Crippen LogP contribution is 2.19. The van der Waals surface area contributed by atoms with Gasteiger partial charge in [-0.15, -0.1) is 0 Å². The fourth-order valence-electron chi connectivity index (χ4n) is 3.05. The zero-order valence-electron chi connectivity index (χ0n) is 14.3. The molecule has 3 rings (SSSR count). The molecule has 132 valence electrons. The quantitative estimate of drug-likeness (QED) is 0.798. The van der Waals surface area contributed by atoms with Crippen LogP contribution in [0.15, 0.2) is 53.0 Å². The van der Waals surface area contributed by atoms with E-state index in [0.29, 0.717) is 6.54 Å². The first-order chi connectivity index (χ1) is 12.1. The molecule has 0 spiro atoms. The standard InChI is InChI=1S/C19H22BrN3O2/c1-25-18-7-5-17(6-8-18)23-11-9-22(10-12-23)14-19(24)21-16-4-2-3-15(20)13-16/h2-8,13H,9-12,14H2,1H3,(H,21,24)/p+1. The Bertz CT molecular complexity index is 713. The van der Waals surface area contributed by atoms with Crippen molar-refractivity contribution in [2.75, 3.05) is 50.1 Å². The Balaban J connectivity index is 1.47. The van der Waals surface area contributed by atoms with Crippen LogP contribution in [0.2, 0.25) is 0 Å². The summed E-state index contributed by atoms with van der Waals surface area (Å²) < 4.78 is 6.17. The predicted octanol–water partition coefficient (Wildman–Crippen LogP) is 1.80. The molecule has 0 aromatic heterocycles. The third kappa shape index (κ3) is 4.96. The van der Waals surface area contributed by atoms with Crippen molar-refractivity contribution in [3.05, 3.63) is 53.0 Å². The maximum Gasteiger partial charge on any atom is 0.279 e. The van der Waals surface area contributed by atoms with Crippen molar-refractivity contribution in [1.29, 1.82) is 0 Å². The average molecular weight is 405 g/mol. The molecule has 2 N–H and O–H groups in total. The minimum atomic E-state index is 0.0611. The number of nitrogens with one attached hydrogen (secondary N) is 2. The van der Waals surface area contributed by atoms with E-state index in [9.17, 15) is 4.79 Å². The van der Waals surface area contributed by atoms with Crippen molar-refractivity contribution in [3.8, 4) is 5.75 Å². The molecule has 2 aromatic carbocycles. The van der Waals surface area contributed by atoms with E-state index in [2.05, 4.69) is 38.3 Å². The number of rotatable bonds is 5. The van der Waals surface area contributed by atoms with Crippen LogP contribution >= 0.6 is 15.9 Å². The lowest BCUT2D eigenvalue weighted by molar-refractivity contribution is -0.892. The summed E-state index contributed by atoms with van der Waals surface area (Å²) >= 11 is 3.42. The van der Waals surface area contributed by atoms with Crippen LogP contribution in [-0.4, -0.2) is 45.7 Å². The molecule has 1 aliphatic rings. The van der Waals surface area contributed by atoms with Gasteiger partial charge in [-0.25, -0.2) is 0 Å². The maximum atomic E-state index is 12.2. The number of carbonyl (C=O) groups is 1. The summed E-state index contributed by atoms with van der Waals surface area (Å²) in [6.07, 6.45) is 0. The second kappa shape index (κ2) is 8.36. The van der Waals surface area contributed by atoms with E-state index in [1.54, 1.807) is 7.11 Å². The van der Waals surface area contributed by atoms with Crippen LogP contribution in [0.25, 0.3) is 0 Å². The molecule has 1 amide bonds. The summed E-state index contributed by atoms with van der Waals surface area (Å²) in [4.78, 5) is 15.9. The van der Waals surface area contributed by atoms with Crippen molar-refractivity contribution >= 4 is 33.2 Å². The molecule has 1 saturated heterocycles. The number of ether oxygens (including phenoxy) is 1. The number of amides is 1. The number of quaternary nitrogens is 1. The topological polar surface area (TPSA) is 46.0 Å². The molecule has 0 unspecified atom stereocenters. The van der Waals surface area contributed by atoms with Crippen LogP contribution in [0.1, 0.15) is 0 Å². The Morgan fingerprint density at radius 1 is 1.20 bits per heavy atom. The van der Waals surface area contributed by atoms with E-state index in [1.807, 2.05) is 36.4 Å². The smallest absolute Gasteiger partial charge is 0.279 e. The first-order valence-corrected chi connectivity index (χ1v) is 9.21. The fourth-order valence-corrected chi connectivity index (χ4v) is 3.45. The number of carbonyl (C=O) groups excluding carboxylic acids is 1. The summed E-state index contributed by atoms with van der Waals surface area (Å²) in [5, 5.41) is 2.97. The Morgan fingerprint density at radius 3 is 2.56 bits per heavy atom. The first kappa shape index (κ1) is 17.8. The Labute approximate surface area is 156 Å². The Kier molecular flexibility index (Phi) is 5.94. The van der Waals surface area contributed by atoms with Crippen molar-refractivity contribution in [3.63, 3.8) is 0 Å². The molecular weight excluding hydrogens is 382 g/mol. The van der Waals surface area contributed by atoms with Gasteiger partial charge in [-0.05, 0) is 42.5 Å². The van der Waals surface area contributed by atoms with E-state index < -0.39 is 0 Å². The van der Waals surface area contributed by atoms with Crippen LogP contribution < -0.4 is 19.9 Å². The van der Waals surface area contributed by atoms with Crippen LogP contribution in [0, 0.1) is 0 Å². The number of nitrogens with zero attached hydrogens (tertiary/aromatic N) is 1. The molecular formula is C19H23BrN3O2+. The Hall–Kier alpha value is -2.05. The molecule has 6 heteroatoms. The highest BCUT2D eigenvalue weighted by molar-refractivity contribution is 9.10. The molecule has 25 heavy (non-hydrogen) atoms. The van der Waals surface area contributed by atoms with Gasteiger partial charge in [0.1, 0.15) is 5.75 Å². The molecule has 0 atom stereocenters. The van der Waals surface area contributed by atoms with Gasteiger partial charge >= 0.3 is 0 Å². The highest BCUT2D eigenvalue weighted by atomic mass is 79.9. The molecule has 0 saturated carbocycles. The van der Waals surface area contributed by atoms with E-state index >= 15 is 0 Å². The number of methoxy groups -OCH3 is 1. The SMILES string of the molecule is COc1ccc(N2CC[NH+](CC(=O)Nc3cccc(Br)c3)CC2)cc1. The van der Waals surface area contributed by atoms with Gasteiger partial charge in [0.15, 0.2) is 6.54 Å². The molecule has 2 aromatic rings. The fraction of sp³-hybridized carbons (Fsp3) is 0.316. The van der Waals surface area contributed by atoms with E-state index in [4.69, 9.17) is 4.74 Å². The van der Waals surface area contributed by atoms with Gasteiger partial charge in [-0.3, -0.25) is 4.79 Å². The maximum absolute atomic E-state index is 12.2. The zero-order valence-corrected chi connectivity index (χ0v) is 15.9. The lowest BCUT2D eigenvalue weighted by Crippen LogP contribution is -3.15. The van der Waals surface area contributed by atoms with Crippen LogP contribution in [0.5, 0.6) is 5.75 Å². The summed E-state index contributed by atoms with van der Waals surface area (Å²) in [6.45, 7) is 4.32. The van der Waals surface area contributed by atoms with Crippen molar-refractivity contribution < 1.29 is 14.4 Å². The van der Waals surface area contributed by atoms with Gasteiger partial charge in [0.2, 0.25) is 0 Å². The Morgan fingerprint density at radius 2 is 1.92 bits per heavy atom. The number of hydrogen-bond donors (Lipinski definition) is 2. The summed E-state index contributed by atoms with van der Waals surface area (Å²) in [7, 11) is 1.68. The van der Waals surface area contributed by atoms with Gasteiger partial charge in [0, 0.05) is 15.8 Å². The lowest BCUT2D eigenvalue weighted by atomic mass is 10.2. The van der Waals surface area contributed by atoms with E-state index in [0.717, 1.165) is 42.1 Å². The lowest BCUT2D eigenvalue weighted by Gasteiger charge is -2.33. The number of benzene rings is 2. The summed E-state index contributed by atoms with van der Waals surface area (Å²) in [6, 6.07) is 15.8. The van der Waals surface area contributed by atoms with Crippen molar-refractivity contribution in [1.82, 2.24) is 0 Å². The van der Waals surface area contributed by atoms with Gasteiger partial charge in [-0.1, -0.05) is 22.0 Å². The molecule has 0 aliphatic carbocycles. The van der Waals surface area contributed by atoms with Gasteiger partial charge in [-0.2, -0.15) is 0 Å². The number of piperazine rings is 1. The summed E-state index contributed by atoms with van der Waals surface area (Å²) in [5.74, 6) is 0.934. The molecule has 1 aliphatic heterocycles. The largest absolute Gasteiger partial charge is 0.497 e. The van der Waals surface area contributed by atoms with Crippen molar-refractivity contribution in [2.24, 2.45) is 0 Å². The van der Waals surface area contributed by atoms with E-state index in [1.165, 1.54) is 10.6 Å². The minimum Gasteiger partial charge on any atom is -0.497 e. The molecule has 5 nitrogen and oxygen atoms in total. The third-order valence-corrected chi connectivity index (χ3v) is 4.92. The number of halogens is 1. The summed E-state index contributed by atoms with van der Waals surface area (Å²) in [5.41, 5.74) is 2.04. The third-order valence-electron chi connectivity index (χ3n) is 4.43.